The first-order chi connectivity index (χ1) is 12.2. The first kappa shape index (κ1) is 19.7. The van der Waals surface area contributed by atoms with E-state index in [-0.39, 0.29) is 4.90 Å². The van der Waals surface area contributed by atoms with E-state index < -0.39 is 39.8 Å². The van der Waals surface area contributed by atoms with Crippen molar-refractivity contribution in [3.8, 4) is 0 Å². The molecule has 0 radical (unpaired) electrons. The number of Topliss-reactive ketones (excluding diaryl/α,β-unsaturated/α-hetero) is 1. The molecular weight excluding hydrogens is 361 g/mol. The minimum absolute atomic E-state index is 0.283. The highest BCUT2D eigenvalue weighted by molar-refractivity contribution is 7.89. The molecule has 0 aliphatic rings. The quantitative estimate of drug-likeness (QED) is 0.615. The Kier molecular flexibility index (Phi) is 5.89. The Morgan fingerprint density at radius 2 is 1.77 bits per heavy atom. The number of ketones is 1. The summed E-state index contributed by atoms with van der Waals surface area (Å²) < 4.78 is 44.3. The second kappa shape index (κ2) is 7.76. The van der Waals surface area contributed by atoms with E-state index >= 15 is 0 Å². The van der Waals surface area contributed by atoms with Crippen molar-refractivity contribution in [1.29, 1.82) is 0 Å². The van der Waals surface area contributed by atoms with Crippen LogP contribution in [0.25, 0.3) is 0 Å². The molecule has 0 saturated heterocycles. The smallest absolute Gasteiger partial charge is 0.341 e. The summed E-state index contributed by atoms with van der Waals surface area (Å²) in [5, 5.41) is 0. The predicted molar refractivity (Wildman–Crippen MR) is 93.2 cm³/mol. The summed E-state index contributed by atoms with van der Waals surface area (Å²) in [5.74, 6) is -2.50. The first-order valence-electron chi connectivity index (χ1n) is 7.66. The largest absolute Gasteiger partial charge is 0.454 e. The Morgan fingerprint density at radius 1 is 1.08 bits per heavy atom. The number of rotatable bonds is 6. The predicted octanol–water partition coefficient (Wildman–Crippen LogP) is 2.39. The maximum atomic E-state index is 13.9. The van der Waals surface area contributed by atoms with Crippen LogP contribution in [0.3, 0.4) is 0 Å². The van der Waals surface area contributed by atoms with E-state index in [0.717, 1.165) is 29.3 Å². The van der Waals surface area contributed by atoms with Crippen molar-refractivity contribution in [2.75, 3.05) is 13.7 Å². The van der Waals surface area contributed by atoms with Gasteiger partial charge in [0.05, 0.1) is 10.5 Å². The van der Waals surface area contributed by atoms with E-state index in [4.69, 9.17) is 4.74 Å². The minimum Gasteiger partial charge on any atom is -0.454 e. The van der Waals surface area contributed by atoms with Gasteiger partial charge in [0.15, 0.2) is 12.4 Å². The van der Waals surface area contributed by atoms with Crippen LogP contribution in [-0.4, -0.2) is 33.8 Å². The van der Waals surface area contributed by atoms with E-state index in [9.17, 15) is 22.4 Å². The third-order valence-electron chi connectivity index (χ3n) is 3.90. The van der Waals surface area contributed by atoms with Crippen molar-refractivity contribution in [2.24, 2.45) is 0 Å². The maximum absolute atomic E-state index is 13.9. The number of nitrogens with one attached hydrogen (secondary N) is 1. The number of carbonyl (C=O) groups excluding carboxylic acids is 2. The standard InChI is InChI=1S/C18H18FNO5S/c1-11-4-5-13(8-12(11)2)17(21)10-25-18(22)15-9-14(6-7-16(15)19)26(23,24)20-3/h4-9,20H,10H2,1-3H3. The third kappa shape index (κ3) is 4.33. The summed E-state index contributed by atoms with van der Waals surface area (Å²) >= 11 is 0. The molecule has 6 nitrogen and oxygen atoms in total. The van der Waals surface area contributed by atoms with E-state index in [1.807, 2.05) is 13.8 Å². The first-order valence-corrected chi connectivity index (χ1v) is 9.14. The van der Waals surface area contributed by atoms with E-state index in [2.05, 4.69) is 4.72 Å². The molecule has 138 valence electrons. The SMILES string of the molecule is CNS(=O)(=O)c1ccc(F)c(C(=O)OCC(=O)c2ccc(C)c(C)c2)c1. The molecule has 8 heteroatoms. The maximum Gasteiger partial charge on any atom is 0.341 e. The van der Waals surface area contributed by atoms with E-state index in [0.29, 0.717) is 5.56 Å². The highest BCUT2D eigenvalue weighted by atomic mass is 32.2. The van der Waals surface area contributed by atoms with Gasteiger partial charge in [0.1, 0.15) is 5.82 Å². The summed E-state index contributed by atoms with van der Waals surface area (Å²) in [6.45, 7) is 3.17. The van der Waals surface area contributed by atoms with Crippen molar-refractivity contribution >= 4 is 21.8 Å². The Labute approximate surface area is 151 Å². The number of aryl methyl sites for hydroxylation is 2. The van der Waals surface area contributed by atoms with Gasteiger partial charge in [0, 0.05) is 5.56 Å². The molecule has 0 unspecified atom stereocenters. The molecule has 0 aliphatic heterocycles. The van der Waals surface area contributed by atoms with E-state index in [1.54, 1.807) is 18.2 Å². The van der Waals surface area contributed by atoms with Gasteiger partial charge in [-0.1, -0.05) is 12.1 Å². The van der Waals surface area contributed by atoms with Crippen LogP contribution in [0.5, 0.6) is 0 Å². The normalized spacial score (nSPS) is 11.2. The number of hydrogen-bond acceptors (Lipinski definition) is 5. The van der Waals surface area contributed by atoms with Crippen molar-refractivity contribution in [3.63, 3.8) is 0 Å². The summed E-state index contributed by atoms with van der Waals surface area (Å²) in [6.07, 6.45) is 0. The van der Waals surface area contributed by atoms with Crippen LogP contribution in [0.1, 0.15) is 31.8 Å². The monoisotopic (exact) mass is 379 g/mol. The Hall–Kier alpha value is -2.58. The molecule has 2 rings (SSSR count). The molecule has 2 aromatic carbocycles. The van der Waals surface area contributed by atoms with Crippen LogP contribution in [0, 0.1) is 19.7 Å². The Balaban J connectivity index is 2.16. The molecule has 0 fully saturated rings. The molecule has 0 atom stereocenters. The molecule has 1 N–H and O–H groups in total. The van der Waals surface area contributed by atoms with Gasteiger partial charge in [-0.2, -0.15) is 0 Å². The molecule has 0 spiro atoms. The van der Waals surface area contributed by atoms with E-state index in [1.165, 1.54) is 7.05 Å². The van der Waals surface area contributed by atoms with Crippen LogP contribution in [-0.2, 0) is 14.8 Å². The van der Waals surface area contributed by atoms with Gasteiger partial charge in [-0.25, -0.2) is 22.3 Å². The Morgan fingerprint density at radius 3 is 2.38 bits per heavy atom. The van der Waals surface area contributed by atoms with Crippen LogP contribution >= 0.6 is 0 Å². The Bertz CT molecular complexity index is 970. The minimum atomic E-state index is -3.85. The van der Waals surface area contributed by atoms with Crippen LogP contribution in [0.15, 0.2) is 41.3 Å². The molecule has 0 heterocycles. The van der Waals surface area contributed by atoms with Crippen LogP contribution in [0.2, 0.25) is 0 Å². The second-order valence-corrected chi connectivity index (χ2v) is 7.53. The van der Waals surface area contributed by atoms with Crippen molar-refractivity contribution < 1.29 is 27.1 Å². The number of carbonyl (C=O) groups is 2. The zero-order chi connectivity index (χ0) is 19.5. The van der Waals surface area contributed by atoms with Gasteiger partial charge >= 0.3 is 5.97 Å². The molecule has 0 aliphatic carbocycles. The molecule has 2 aromatic rings. The number of hydrogen-bond donors (Lipinski definition) is 1. The average molecular weight is 379 g/mol. The zero-order valence-corrected chi connectivity index (χ0v) is 15.3. The summed E-state index contributed by atoms with van der Waals surface area (Å²) in [7, 11) is -2.65. The lowest BCUT2D eigenvalue weighted by Gasteiger charge is -2.08. The number of ether oxygens (including phenoxy) is 1. The fourth-order valence-corrected chi connectivity index (χ4v) is 2.91. The van der Waals surface area contributed by atoms with Gasteiger partial charge in [-0.3, -0.25) is 4.79 Å². The lowest BCUT2D eigenvalue weighted by Crippen LogP contribution is -2.20. The topological polar surface area (TPSA) is 89.5 Å². The van der Waals surface area contributed by atoms with Gasteiger partial charge in [0.2, 0.25) is 10.0 Å². The zero-order valence-electron chi connectivity index (χ0n) is 14.5. The number of sulfonamides is 1. The summed E-state index contributed by atoms with van der Waals surface area (Å²) in [6, 6.07) is 7.80. The van der Waals surface area contributed by atoms with Crippen molar-refractivity contribution in [2.45, 2.75) is 18.7 Å². The number of esters is 1. The van der Waals surface area contributed by atoms with Crippen LogP contribution < -0.4 is 4.72 Å². The summed E-state index contributed by atoms with van der Waals surface area (Å²) in [5.41, 5.74) is 1.74. The molecule has 26 heavy (non-hydrogen) atoms. The highest BCUT2D eigenvalue weighted by Crippen LogP contribution is 2.16. The molecule has 0 aromatic heterocycles. The van der Waals surface area contributed by atoms with Gasteiger partial charge in [0.25, 0.3) is 0 Å². The number of halogens is 1. The van der Waals surface area contributed by atoms with Crippen LogP contribution in [0.4, 0.5) is 4.39 Å². The summed E-state index contributed by atoms with van der Waals surface area (Å²) in [4.78, 5) is 23.9. The molecule has 0 saturated carbocycles. The fraction of sp³-hybridized carbons (Fsp3) is 0.222. The second-order valence-electron chi connectivity index (χ2n) is 5.65. The van der Waals surface area contributed by atoms with Gasteiger partial charge in [-0.05, 0) is 56.3 Å². The molecule has 0 amide bonds. The molecule has 0 bridgehead atoms. The van der Waals surface area contributed by atoms with Gasteiger partial charge in [-0.15, -0.1) is 0 Å². The van der Waals surface area contributed by atoms with Crippen molar-refractivity contribution in [3.05, 3.63) is 64.5 Å². The lowest BCUT2D eigenvalue weighted by atomic mass is 10.0. The highest BCUT2D eigenvalue weighted by Gasteiger charge is 2.20. The molecular formula is C18H18FNO5S. The fourth-order valence-electron chi connectivity index (χ4n) is 2.15. The lowest BCUT2D eigenvalue weighted by molar-refractivity contribution is 0.0470. The third-order valence-corrected chi connectivity index (χ3v) is 5.31. The van der Waals surface area contributed by atoms with Crippen molar-refractivity contribution in [1.82, 2.24) is 4.72 Å². The number of benzene rings is 2. The van der Waals surface area contributed by atoms with Gasteiger partial charge < -0.3 is 4.74 Å². The average Bonchev–Trinajstić information content (AvgIpc) is 2.61.